The molecule has 0 spiro atoms. The van der Waals surface area contributed by atoms with Crippen LogP contribution in [0.2, 0.25) is 0 Å². The highest BCUT2D eigenvalue weighted by atomic mass is 32.1. The Balaban J connectivity index is 1.52. The lowest BCUT2D eigenvalue weighted by molar-refractivity contribution is 0.146. The molecule has 5 rings (SSSR count). The minimum Gasteiger partial charge on any atom is -0.490 e. The molecule has 0 aliphatic carbocycles. The first kappa shape index (κ1) is 19.4. The van der Waals surface area contributed by atoms with Crippen molar-refractivity contribution in [2.75, 3.05) is 20.3 Å². The molecular formula is C22H19N5O3S. The van der Waals surface area contributed by atoms with Crippen LogP contribution in [0.25, 0.3) is 26.9 Å². The zero-order chi connectivity index (χ0) is 21.2. The maximum atomic E-state index is 13.2. The number of rotatable bonds is 7. The third-order valence-electron chi connectivity index (χ3n) is 4.95. The van der Waals surface area contributed by atoms with Gasteiger partial charge in [-0.3, -0.25) is 14.3 Å². The van der Waals surface area contributed by atoms with E-state index in [0.29, 0.717) is 36.5 Å². The molecule has 0 saturated heterocycles. The molecule has 5 aromatic rings. The Morgan fingerprint density at radius 3 is 2.90 bits per heavy atom. The first-order valence-corrected chi connectivity index (χ1v) is 10.6. The zero-order valence-corrected chi connectivity index (χ0v) is 17.6. The van der Waals surface area contributed by atoms with Crippen molar-refractivity contribution in [1.82, 2.24) is 24.5 Å². The molecule has 0 fully saturated rings. The largest absolute Gasteiger partial charge is 0.490 e. The summed E-state index contributed by atoms with van der Waals surface area (Å²) in [4.78, 5) is 17.8. The quantitative estimate of drug-likeness (QED) is 0.366. The molecule has 0 atom stereocenters. The first-order valence-electron chi connectivity index (χ1n) is 9.73. The van der Waals surface area contributed by atoms with Crippen LogP contribution in [-0.4, -0.2) is 44.9 Å². The van der Waals surface area contributed by atoms with Gasteiger partial charge in [0.15, 0.2) is 5.52 Å². The highest BCUT2D eigenvalue weighted by Gasteiger charge is 2.14. The molecule has 9 heteroatoms. The molecule has 156 valence electrons. The van der Waals surface area contributed by atoms with Crippen LogP contribution in [0, 0.1) is 0 Å². The second-order valence-electron chi connectivity index (χ2n) is 6.92. The standard InChI is InChI=1S/C22H19N5O3S/c1-29-9-10-30-17-12-15-4-2-5-16(20(15)23-13-17)14-27-21-18(24-25-27)7-8-26(22(21)28)19-6-3-11-31-19/h2-8,11-13H,9-10,14H2,1H3. The van der Waals surface area contributed by atoms with Gasteiger partial charge in [-0.05, 0) is 35.2 Å². The number of methoxy groups -OCH3 is 1. The van der Waals surface area contributed by atoms with Gasteiger partial charge in [0.2, 0.25) is 0 Å². The summed E-state index contributed by atoms with van der Waals surface area (Å²) in [6.07, 6.45) is 3.44. The molecule has 0 N–H and O–H groups in total. The number of ether oxygens (including phenoxy) is 2. The molecule has 0 aliphatic rings. The summed E-state index contributed by atoms with van der Waals surface area (Å²) >= 11 is 1.50. The number of fused-ring (bicyclic) bond motifs is 2. The minimum absolute atomic E-state index is 0.146. The maximum absolute atomic E-state index is 13.2. The summed E-state index contributed by atoms with van der Waals surface area (Å²) in [5.41, 5.74) is 2.66. The van der Waals surface area contributed by atoms with E-state index in [1.807, 2.05) is 47.8 Å². The summed E-state index contributed by atoms with van der Waals surface area (Å²) in [5.74, 6) is 0.687. The number of para-hydroxylation sites is 1. The van der Waals surface area contributed by atoms with Crippen molar-refractivity contribution in [2.24, 2.45) is 0 Å². The molecule has 31 heavy (non-hydrogen) atoms. The SMILES string of the molecule is COCCOc1cnc2c(Cn3nnc4ccn(-c5cccs5)c(=O)c43)cccc2c1. The van der Waals surface area contributed by atoms with Crippen LogP contribution in [0.5, 0.6) is 5.75 Å². The van der Waals surface area contributed by atoms with Crippen LogP contribution in [-0.2, 0) is 11.3 Å². The van der Waals surface area contributed by atoms with Crippen LogP contribution < -0.4 is 10.3 Å². The van der Waals surface area contributed by atoms with Crippen molar-refractivity contribution in [3.05, 3.63) is 76.2 Å². The summed E-state index contributed by atoms with van der Waals surface area (Å²) in [6.45, 7) is 1.36. The third-order valence-corrected chi connectivity index (χ3v) is 5.82. The molecule has 0 saturated carbocycles. The summed E-state index contributed by atoms with van der Waals surface area (Å²) < 4.78 is 13.9. The van der Waals surface area contributed by atoms with Gasteiger partial charge >= 0.3 is 0 Å². The van der Waals surface area contributed by atoms with Crippen LogP contribution in [0.4, 0.5) is 0 Å². The topological polar surface area (TPSA) is 84.1 Å². The van der Waals surface area contributed by atoms with E-state index in [4.69, 9.17) is 9.47 Å². The van der Waals surface area contributed by atoms with Gasteiger partial charge in [0, 0.05) is 18.7 Å². The molecule has 0 unspecified atom stereocenters. The number of pyridine rings is 2. The number of nitrogens with zero attached hydrogens (tertiary/aromatic N) is 5. The van der Waals surface area contributed by atoms with Crippen molar-refractivity contribution in [2.45, 2.75) is 6.54 Å². The van der Waals surface area contributed by atoms with E-state index < -0.39 is 0 Å². The summed E-state index contributed by atoms with van der Waals surface area (Å²) in [5, 5.41) is 12.2. The van der Waals surface area contributed by atoms with E-state index in [-0.39, 0.29) is 5.56 Å². The van der Waals surface area contributed by atoms with E-state index in [0.717, 1.165) is 21.5 Å². The lowest BCUT2D eigenvalue weighted by atomic mass is 10.1. The smallest absolute Gasteiger partial charge is 0.283 e. The van der Waals surface area contributed by atoms with Crippen molar-refractivity contribution >= 4 is 33.3 Å². The van der Waals surface area contributed by atoms with Gasteiger partial charge < -0.3 is 9.47 Å². The summed E-state index contributed by atoms with van der Waals surface area (Å²) in [7, 11) is 1.64. The molecule has 4 heterocycles. The molecule has 0 aliphatic heterocycles. The fourth-order valence-electron chi connectivity index (χ4n) is 3.49. The van der Waals surface area contributed by atoms with Crippen molar-refractivity contribution in [3.8, 4) is 10.8 Å². The number of benzene rings is 1. The Hall–Kier alpha value is -3.56. The van der Waals surface area contributed by atoms with Gasteiger partial charge in [0.05, 0.1) is 24.9 Å². The Kier molecular flexibility index (Phi) is 5.19. The molecule has 0 amide bonds. The number of aromatic nitrogens is 5. The Morgan fingerprint density at radius 1 is 1.13 bits per heavy atom. The predicted octanol–water partition coefficient (Wildman–Crippen LogP) is 3.27. The molecule has 0 bridgehead atoms. The molecule has 1 aromatic carbocycles. The van der Waals surface area contributed by atoms with Crippen LogP contribution >= 0.6 is 11.3 Å². The van der Waals surface area contributed by atoms with Gasteiger partial charge in [-0.15, -0.1) is 16.4 Å². The van der Waals surface area contributed by atoms with Gasteiger partial charge in [-0.2, -0.15) is 0 Å². The fraction of sp³-hybridized carbons (Fsp3) is 0.182. The number of hydrogen-bond donors (Lipinski definition) is 0. The third kappa shape index (κ3) is 3.69. The van der Waals surface area contributed by atoms with Crippen molar-refractivity contribution < 1.29 is 9.47 Å². The lowest BCUT2D eigenvalue weighted by Crippen LogP contribution is -2.20. The number of thiophene rings is 1. The van der Waals surface area contributed by atoms with Crippen LogP contribution in [0.1, 0.15) is 5.56 Å². The second-order valence-corrected chi connectivity index (χ2v) is 7.85. The van der Waals surface area contributed by atoms with Gasteiger partial charge in [-0.25, -0.2) is 4.68 Å². The van der Waals surface area contributed by atoms with Gasteiger partial charge in [0.1, 0.15) is 22.9 Å². The Labute approximate surface area is 181 Å². The minimum atomic E-state index is -0.146. The average molecular weight is 433 g/mol. The van der Waals surface area contributed by atoms with E-state index >= 15 is 0 Å². The first-order chi connectivity index (χ1) is 15.2. The number of hydrogen-bond acceptors (Lipinski definition) is 7. The maximum Gasteiger partial charge on any atom is 0.283 e. The highest BCUT2D eigenvalue weighted by Crippen LogP contribution is 2.23. The van der Waals surface area contributed by atoms with E-state index in [9.17, 15) is 4.79 Å². The van der Waals surface area contributed by atoms with Gasteiger partial charge in [0.25, 0.3) is 5.56 Å². The molecule has 0 radical (unpaired) electrons. The summed E-state index contributed by atoms with van der Waals surface area (Å²) in [6, 6.07) is 13.5. The van der Waals surface area contributed by atoms with Crippen molar-refractivity contribution in [1.29, 1.82) is 0 Å². The second kappa shape index (κ2) is 8.29. The Bertz CT molecular complexity index is 1410. The van der Waals surface area contributed by atoms with Crippen LogP contribution in [0.15, 0.2) is 65.0 Å². The molecule has 8 nitrogen and oxygen atoms in total. The van der Waals surface area contributed by atoms with E-state index in [2.05, 4.69) is 15.3 Å². The van der Waals surface area contributed by atoms with Crippen LogP contribution in [0.3, 0.4) is 0 Å². The monoisotopic (exact) mass is 433 g/mol. The molecular weight excluding hydrogens is 414 g/mol. The average Bonchev–Trinajstić information content (AvgIpc) is 3.45. The van der Waals surface area contributed by atoms with Gasteiger partial charge in [-0.1, -0.05) is 23.4 Å². The zero-order valence-electron chi connectivity index (χ0n) is 16.8. The fourth-order valence-corrected chi connectivity index (χ4v) is 4.20. The lowest BCUT2D eigenvalue weighted by Gasteiger charge is -2.09. The highest BCUT2D eigenvalue weighted by molar-refractivity contribution is 7.12. The normalized spacial score (nSPS) is 11.4. The molecule has 4 aromatic heterocycles. The van der Waals surface area contributed by atoms with Crippen molar-refractivity contribution in [3.63, 3.8) is 0 Å². The van der Waals surface area contributed by atoms with E-state index in [1.165, 1.54) is 11.3 Å². The Morgan fingerprint density at radius 2 is 2.06 bits per heavy atom. The van der Waals surface area contributed by atoms with E-state index in [1.54, 1.807) is 28.8 Å². The predicted molar refractivity (Wildman–Crippen MR) is 119 cm³/mol.